The molecule has 3 rings (SSSR count). The van der Waals surface area contributed by atoms with Gasteiger partial charge >= 0.3 is 6.18 Å². The Morgan fingerprint density at radius 3 is 2.27 bits per heavy atom. The molecule has 1 aromatic heterocycles. The van der Waals surface area contributed by atoms with Gasteiger partial charge in [0, 0.05) is 18.8 Å². The molecule has 1 aliphatic heterocycles. The SMILES string of the molecule is CC1CCN(C(=O)c2ccc(Nc3ccc(C(F)(F)F)cc3)nn2)CC1. The van der Waals surface area contributed by atoms with Crippen molar-refractivity contribution in [2.75, 3.05) is 18.4 Å². The van der Waals surface area contributed by atoms with E-state index in [4.69, 9.17) is 0 Å². The van der Waals surface area contributed by atoms with Gasteiger partial charge in [-0.25, -0.2) is 0 Å². The van der Waals surface area contributed by atoms with Crippen molar-refractivity contribution in [3.63, 3.8) is 0 Å². The van der Waals surface area contributed by atoms with Crippen LogP contribution in [0.1, 0.15) is 35.8 Å². The monoisotopic (exact) mass is 364 g/mol. The van der Waals surface area contributed by atoms with Crippen molar-refractivity contribution in [2.45, 2.75) is 25.9 Å². The second-order valence-corrected chi connectivity index (χ2v) is 6.48. The molecule has 1 saturated heterocycles. The first-order valence-corrected chi connectivity index (χ1v) is 8.40. The summed E-state index contributed by atoms with van der Waals surface area (Å²) in [6.07, 6.45) is -2.41. The number of nitrogens with one attached hydrogen (secondary N) is 1. The summed E-state index contributed by atoms with van der Waals surface area (Å²) in [5.74, 6) is 0.833. The zero-order valence-corrected chi connectivity index (χ0v) is 14.3. The maximum Gasteiger partial charge on any atom is 0.416 e. The van der Waals surface area contributed by atoms with Crippen LogP contribution in [0.15, 0.2) is 36.4 Å². The van der Waals surface area contributed by atoms with Crippen LogP contribution >= 0.6 is 0 Å². The Morgan fingerprint density at radius 1 is 1.08 bits per heavy atom. The van der Waals surface area contributed by atoms with Crippen molar-refractivity contribution in [2.24, 2.45) is 5.92 Å². The fourth-order valence-corrected chi connectivity index (χ4v) is 2.78. The number of alkyl halides is 3. The molecule has 1 amide bonds. The van der Waals surface area contributed by atoms with Gasteiger partial charge in [0.15, 0.2) is 11.5 Å². The van der Waals surface area contributed by atoms with Crippen LogP contribution in [0.3, 0.4) is 0 Å². The van der Waals surface area contributed by atoms with E-state index in [1.807, 2.05) is 0 Å². The number of anilines is 2. The van der Waals surface area contributed by atoms with Crippen LogP contribution < -0.4 is 5.32 Å². The van der Waals surface area contributed by atoms with Crippen LogP contribution in [0.25, 0.3) is 0 Å². The van der Waals surface area contributed by atoms with E-state index in [1.165, 1.54) is 12.1 Å². The molecule has 5 nitrogen and oxygen atoms in total. The number of likely N-dealkylation sites (tertiary alicyclic amines) is 1. The molecule has 1 N–H and O–H groups in total. The lowest BCUT2D eigenvalue weighted by Gasteiger charge is -2.29. The number of hydrogen-bond donors (Lipinski definition) is 1. The minimum Gasteiger partial charge on any atom is -0.339 e. The molecule has 0 bridgehead atoms. The van der Waals surface area contributed by atoms with E-state index in [0.29, 0.717) is 30.5 Å². The maximum atomic E-state index is 12.6. The third-order valence-corrected chi connectivity index (χ3v) is 4.44. The van der Waals surface area contributed by atoms with Gasteiger partial charge < -0.3 is 10.2 Å². The maximum absolute atomic E-state index is 12.6. The molecule has 2 aromatic rings. The number of halogens is 3. The van der Waals surface area contributed by atoms with Gasteiger partial charge in [0.05, 0.1) is 5.56 Å². The first kappa shape index (κ1) is 18.2. The standard InChI is InChI=1S/C18H19F3N4O/c1-12-8-10-25(11-9-12)17(26)15-6-7-16(24-23-15)22-14-4-2-13(3-5-14)18(19,20)21/h2-7,12H,8-11H2,1H3,(H,22,24). The van der Waals surface area contributed by atoms with E-state index in [0.717, 1.165) is 25.0 Å². The Balaban J connectivity index is 1.63. The van der Waals surface area contributed by atoms with Gasteiger partial charge in [-0.2, -0.15) is 13.2 Å². The highest BCUT2D eigenvalue weighted by Crippen LogP contribution is 2.30. The summed E-state index contributed by atoms with van der Waals surface area (Å²) in [5.41, 5.74) is -0.000143. The molecular weight excluding hydrogens is 345 g/mol. The molecule has 8 heteroatoms. The summed E-state index contributed by atoms with van der Waals surface area (Å²) < 4.78 is 37.7. The van der Waals surface area contributed by atoms with Crippen molar-refractivity contribution >= 4 is 17.4 Å². The summed E-state index contributed by atoms with van der Waals surface area (Å²) in [7, 11) is 0. The smallest absolute Gasteiger partial charge is 0.339 e. The topological polar surface area (TPSA) is 58.1 Å². The van der Waals surface area contributed by atoms with Gasteiger partial charge in [-0.1, -0.05) is 6.92 Å². The molecule has 0 unspecified atom stereocenters. The number of carbonyl (C=O) groups is 1. The zero-order chi connectivity index (χ0) is 18.7. The highest BCUT2D eigenvalue weighted by molar-refractivity contribution is 5.92. The average molecular weight is 364 g/mol. The van der Waals surface area contributed by atoms with E-state index in [1.54, 1.807) is 17.0 Å². The van der Waals surface area contributed by atoms with Crippen LogP contribution in [0.5, 0.6) is 0 Å². The fraction of sp³-hybridized carbons (Fsp3) is 0.389. The first-order chi connectivity index (χ1) is 12.3. The zero-order valence-electron chi connectivity index (χ0n) is 14.3. The Morgan fingerprint density at radius 2 is 1.73 bits per heavy atom. The number of hydrogen-bond acceptors (Lipinski definition) is 4. The van der Waals surface area contributed by atoms with Gasteiger partial charge in [-0.3, -0.25) is 4.79 Å². The molecule has 0 radical (unpaired) electrons. The second-order valence-electron chi connectivity index (χ2n) is 6.48. The lowest BCUT2D eigenvalue weighted by atomic mass is 9.99. The van der Waals surface area contributed by atoms with Crippen LogP contribution in [-0.2, 0) is 6.18 Å². The Kier molecular flexibility index (Phi) is 5.11. The number of carbonyl (C=O) groups excluding carboxylic acids is 1. The summed E-state index contributed by atoms with van der Waals surface area (Å²) in [6, 6.07) is 7.78. The lowest BCUT2D eigenvalue weighted by Crippen LogP contribution is -2.38. The molecule has 26 heavy (non-hydrogen) atoms. The van der Waals surface area contributed by atoms with Crippen molar-refractivity contribution in [1.29, 1.82) is 0 Å². The highest BCUT2D eigenvalue weighted by Gasteiger charge is 2.30. The fourth-order valence-electron chi connectivity index (χ4n) is 2.78. The van der Waals surface area contributed by atoms with E-state index in [-0.39, 0.29) is 11.6 Å². The van der Waals surface area contributed by atoms with E-state index in [9.17, 15) is 18.0 Å². The third kappa shape index (κ3) is 4.30. The molecule has 0 saturated carbocycles. The summed E-state index contributed by atoms with van der Waals surface area (Å²) in [5, 5.41) is 10.8. The minimum absolute atomic E-state index is 0.148. The summed E-state index contributed by atoms with van der Waals surface area (Å²) >= 11 is 0. The second kappa shape index (κ2) is 7.31. The largest absolute Gasteiger partial charge is 0.416 e. The lowest BCUT2D eigenvalue weighted by molar-refractivity contribution is -0.137. The number of piperidine rings is 1. The molecule has 2 heterocycles. The molecule has 0 spiro atoms. The highest BCUT2D eigenvalue weighted by atomic mass is 19.4. The number of benzene rings is 1. The van der Waals surface area contributed by atoms with E-state index in [2.05, 4.69) is 22.4 Å². The van der Waals surface area contributed by atoms with E-state index >= 15 is 0 Å². The van der Waals surface area contributed by atoms with Crippen molar-refractivity contribution in [3.05, 3.63) is 47.7 Å². The number of rotatable bonds is 3. The third-order valence-electron chi connectivity index (χ3n) is 4.44. The molecule has 0 aliphatic carbocycles. The number of amides is 1. The Labute approximate surface area is 149 Å². The van der Waals surface area contributed by atoms with Gasteiger partial charge in [0.25, 0.3) is 5.91 Å². The van der Waals surface area contributed by atoms with Crippen molar-refractivity contribution in [1.82, 2.24) is 15.1 Å². The number of aromatic nitrogens is 2. The van der Waals surface area contributed by atoms with Gasteiger partial charge in [-0.05, 0) is 55.2 Å². The Bertz CT molecular complexity index is 752. The van der Waals surface area contributed by atoms with Gasteiger partial charge in [0.1, 0.15) is 0 Å². The van der Waals surface area contributed by atoms with Gasteiger partial charge in [-0.15, -0.1) is 10.2 Å². The minimum atomic E-state index is -4.37. The molecule has 138 valence electrons. The van der Waals surface area contributed by atoms with Crippen LogP contribution in [-0.4, -0.2) is 34.1 Å². The molecular formula is C18H19F3N4O. The summed E-state index contributed by atoms with van der Waals surface area (Å²) in [4.78, 5) is 14.2. The van der Waals surface area contributed by atoms with E-state index < -0.39 is 11.7 Å². The Hall–Kier alpha value is -2.64. The predicted molar refractivity (Wildman–Crippen MR) is 91.1 cm³/mol. The first-order valence-electron chi connectivity index (χ1n) is 8.40. The van der Waals surface area contributed by atoms with Gasteiger partial charge in [0.2, 0.25) is 0 Å². The quantitative estimate of drug-likeness (QED) is 0.890. The molecule has 1 aliphatic rings. The molecule has 1 fully saturated rings. The van der Waals surface area contributed by atoms with Crippen LogP contribution in [0, 0.1) is 5.92 Å². The van der Waals surface area contributed by atoms with Crippen molar-refractivity contribution < 1.29 is 18.0 Å². The molecule has 1 aromatic carbocycles. The predicted octanol–water partition coefficient (Wildman–Crippen LogP) is 4.11. The van der Waals surface area contributed by atoms with Crippen molar-refractivity contribution in [3.8, 4) is 0 Å². The molecule has 0 atom stereocenters. The average Bonchev–Trinajstić information content (AvgIpc) is 2.62. The van der Waals surface area contributed by atoms with Crippen LogP contribution in [0.2, 0.25) is 0 Å². The van der Waals surface area contributed by atoms with Crippen LogP contribution in [0.4, 0.5) is 24.7 Å². The summed E-state index contributed by atoms with van der Waals surface area (Å²) in [6.45, 7) is 3.60. The normalized spacial score (nSPS) is 15.8. The number of nitrogens with zero attached hydrogens (tertiary/aromatic N) is 3.